The predicted octanol–water partition coefficient (Wildman–Crippen LogP) is 6.90. The molecule has 0 unspecified atom stereocenters. The van der Waals surface area contributed by atoms with E-state index in [1.165, 1.54) is 50.5 Å². The number of benzene rings is 2. The predicted molar refractivity (Wildman–Crippen MR) is 142 cm³/mol. The lowest BCUT2D eigenvalue weighted by molar-refractivity contribution is -0.119. The molecule has 0 saturated heterocycles. The van der Waals surface area contributed by atoms with E-state index in [-0.39, 0.29) is 18.1 Å². The Morgan fingerprint density at radius 1 is 0.714 bits per heavy atom. The van der Waals surface area contributed by atoms with Gasteiger partial charge in [0.1, 0.15) is 0 Å². The highest BCUT2D eigenvalue weighted by atomic mass is 16.5. The molecule has 0 fully saturated rings. The standard InChI is InChI=1S/C29H40N2O4/c1-3-5-6-7-8-9-10-11-12-16-27(32)31-26-15-13-14-24(21-26)29(34)35-22-28(33)30-25-19-17-23(4-2)18-20-25/h13-15,17-21H,3-12,16,22H2,1-2H3,(H,30,33)(H,31,32). The molecule has 6 heteroatoms. The van der Waals surface area contributed by atoms with Gasteiger partial charge in [0.25, 0.3) is 5.91 Å². The molecule has 0 saturated carbocycles. The van der Waals surface area contributed by atoms with Crippen molar-refractivity contribution in [3.63, 3.8) is 0 Å². The molecule has 0 aromatic heterocycles. The molecule has 35 heavy (non-hydrogen) atoms. The Morgan fingerprint density at radius 2 is 1.34 bits per heavy atom. The maximum atomic E-state index is 12.4. The van der Waals surface area contributed by atoms with E-state index < -0.39 is 11.9 Å². The van der Waals surface area contributed by atoms with Crippen LogP contribution in [0.2, 0.25) is 0 Å². The van der Waals surface area contributed by atoms with E-state index in [0.717, 1.165) is 19.3 Å². The fourth-order valence-corrected chi connectivity index (χ4v) is 3.78. The van der Waals surface area contributed by atoms with Gasteiger partial charge in [-0.3, -0.25) is 9.59 Å². The minimum absolute atomic E-state index is 0.0630. The molecular weight excluding hydrogens is 440 g/mol. The van der Waals surface area contributed by atoms with Gasteiger partial charge in [0.05, 0.1) is 5.56 Å². The second-order valence-electron chi connectivity index (χ2n) is 8.88. The quantitative estimate of drug-likeness (QED) is 0.202. The van der Waals surface area contributed by atoms with E-state index in [1.54, 1.807) is 24.3 Å². The molecule has 2 N–H and O–H groups in total. The molecule has 6 nitrogen and oxygen atoms in total. The normalized spacial score (nSPS) is 10.6. The van der Waals surface area contributed by atoms with Gasteiger partial charge in [0.15, 0.2) is 6.61 Å². The number of unbranched alkanes of at least 4 members (excludes halogenated alkanes) is 8. The van der Waals surface area contributed by atoms with Crippen LogP contribution < -0.4 is 10.6 Å². The molecule has 0 aliphatic carbocycles. The highest BCUT2D eigenvalue weighted by Crippen LogP contribution is 2.15. The second kappa shape index (κ2) is 16.5. The van der Waals surface area contributed by atoms with Gasteiger partial charge in [-0.1, -0.05) is 83.4 Å². The van der Waals surface area contributed by atoms with Crippen LogP contribution in [0.3, 0.4) is 0 Å². The van der Waals surface area contributed by atoms with Gasteiger partial charge in [-0.2, -0.15) is 0 Å². The molecule has 2 aromatic rings. The molecule has 2 rings (SSSR count). The fourth-order valence-electron chi connectivity index (χ4n) is 3.78. The van der Waals surface area contributed by atoms with Crippen molar-refractivity contribution in [1.29, 1.82) is 0 Å². The van der Waals surface area contributed by atoms with Gasteiger partial charge in [0, 0.05) is 17.8 Å². The average Bonchev–Trinajstić information content (AvgIpc) is 2.87. The summed E-state index contributed by atoms with van der Waals surface area (Å²) in [6.45, 7) is 3.90. The number of carbonyl (C=O) groups excluding carboxylic acids is 3. The van der Waals surface area contributed by atoms with E-state index in [4.69, 9.17) is 4.74 Å². The number of anilines is 2. The summed E-state index contributed by atoms with van der Waals surface area (Å²) >= 11 is 0. The molecule has 190 valence electrons. The zero-order chi connectivity index (χ0) is 25.3. The van der Waals surface area contributed by atoms with Crippen molar-refractivity contribution in [3.05, 3.63) is 59.7 Å². The van der Waals surface area contributed by atoms with Gasteiger partial charge in [-0.15, -0.1) is 0 Å². The summed E-state index contributed by atoms with van der Waals surface area (Å²) in [6, 6.07) is 14.1. The third-order valence-corrected chi connectivity index (χ3v) is 5.87. The minimum atomic E-state index is -0.614. The Kier molecular flexibility index (Phi) is 13.2. The first-order valence-electron chi connectivity index (χ1n) is 13.0. The first-order chi connectivity index (χ1) is 17.0. The number of hydrogen-bond donors (Lipinski definition) is 2. The molecule has 0 bridgehead atoms. The van der Waals surface area contributed by atoms with Gasteiger partial charge >= 0.3 is 5.97 Å². The topological polar surface area (TPSA) is 84.5 Å². The third kappa shape index (κ3) is 11.7. The molecule has 2 aromatic carbocycles. The Morgan fingerprint density at radius 3 is 2.00 bits per heavy atom. The molecule has 0 aliphatic rings. The highest BCUT2D eigenvalue weighted by molar-refractivity contribution is 5.97. The summed E-state index contributed by atoms with van der Waals surface area (Å²) in [4.78, 5) is 36.7. The lowest BCUT2D eigenvalue weighted by Gasteiger charge is -2.09. The van der Waals surface area contributed by atoms with Crippen molar-refractivity contribution in [2.75, 3.05) is 17.2 Å². The van der Waals surface area contributed by atoms with Crippen molar-refractivity contribution in [3.8, 4) is 0 Å². The lowest BCUT2D eigenvalue weighted by Crippen LogP contribution is -2.21. The lowest BCUT2D eigenvalue weighted by atomic mass is 10.1. The highest BCUT2D eigenvalue weighted by Gasteiger charge is 2.12. The Balaban J connectivity index is 1.67. The Labute approximate surface area is 209 Å². The van der Waals surface area contributed by atoms with Crippen LogP contribution in [0, 0.1) is 0 Å². The average molecular weight is 481 g/mol. The molecule has 0 heterocycles. The van der Waals surface area contributed by atoms with Crippen LogP contribution in [0.4, 0.5) is 11.4 Å². The summed E-state index contributed by atoms with van der Waals surface area (Å²) in [5.41, 5.74) is 2.65. The monoisotopic (exact) mass is 480 g/mol. The van der Waals surface area contributed by atoms with E-state index in [0.29, 0.717) is 17.8 Å². The largest absolute Gasteiger partial charge is 0.452 e. The molecule has 0 spiro atoms. The maximum Gasteiger partial charge on any atom is 0.338 e. The van der Waals surface area contributed by atoms with Crippen LogP contribution in [-0.2, 0) is 20.7 Å². The van der Waals surface area contributed by atoms with Crippen molar-refractivity contribution in [2.45, 2.75) is 84.5 Å². The van der Waals surface area contributed by atoms with E-state index >= 15 is 0 Å². The number of esters is 1. The zero-order valence-corrected chi connectivity index (χ0v) is 21.2. The van der Waals surface area contributed by atoms with E-state index in [9.17, 15) is 14.4 Å². The number of aryl methyl sites for hydroxylation is 1. The number of amides is 2. The molecule has 2 amide bonds. The van der Waals surface area contributed by atoms with Crippen LogP contribution in [-0.4, -0.2) is 24.4 Å². The van der Waals surface area contributed by atoms with Crippen molar-refractivity contribution in [1.82, 2.24) is 0 Å². The van der Waals surface area contributed by atoms with Crippen LogP contribution in [0.1, 0.15) is 94.0 Å². The summed E-state index contributed by atoms with van der Waals surface area (Å²) < 4.78 is 5.14. The van der Waals surface area contributed by atoms with Gasteiger partial charge in [-0.25, -0.2) is 4.79 Å². The van der Waals surface area contributed by atoms with Crippen molar-refractivity contribution >= 4 is 29.2 Å². The summed E-state index contributed by atoms with van der Waals surface area (Å²) in [5, 5.41) is 5.55. The number of carbonyl (C=O) groups is 3. The van der Waals surface area contributed by atoms with Gasteiger partial charge in [0.2, 0.25) is 5.91 Å². The maximum absolute atomic E-state index is 12.4. The second-order valence-corrected chi connectivity index (χ2v) is 8.88. The summed E-state index contributed by atoms with van der Waals surface area (Å²) in [6.07, 6.45) is 12.2. The SMILES string of the molecule is CCCCCCCCCCCC(=O)Nc1cccc(C(=O)OCC(=O)Nc2ccc(CC)cc2)c1. The third-order valence-electron chi connectivity index (χ3n) is 5.87. The van der Waals surface area contributed by atoms with Gasteiger partial charge in [-0.05, 0) is 48.7 Å². The van der Waals surface area contributed by atoms with E-state index in [2.05, 4.69) is 24.5 Å². The van der Waals surface area contributed by atoms with Gasteiger partial charge < -0.3 is 15.4 Å². The minimum Gasteiger partial charge on any atom is -0.452 e. The van der Waals surface area contributed by atoms with Crippen molar-refractivity contribution < 1.29 is 19.1 Å². The summed E-state index contributed by atoms with van der Waals surface area (Å²) in [5.74, 6) is -1.09. The summed E-state index contributed by atoms with van der Waals surface area (Å²) in [7, 11) is 0. The number of ether oxygens (including phenoxy) is 1. The Hall–Kier alpha value is -3.15. The zero-order valence-electron chi connectivity index (χ0n) is 21.2. The van der Waals surface area contributed by atoms with Crippen LogP contribution in [0.25, 0.3) is 0 Å². The number of rotatable bonds is 16. The van der Waals surface area contributed by atoms with E-state index in [1.807, 2.05) is 24.3 Å². The number of hydrogen-bond acceptors (Lipinski definition) is 4. The van der Waals surface area contributed by atoms with Crippen LogP contribution in [0.15, 0.2) is 48.5 Å². The van der Waals surface area contributed by atoms with Crippen LogP contribution in [0.5, 0.6) is 0 Å². The Bertz CT molecular complexity index is 925. The van der Waals surface area contributed by atoms with Crippen molar-refractivity contribution in [2.24, 2.45) is 0 Å². The first-order valence-corrected chi connectivity index (χ1v) is 13.0. The smallest absolute Gasteiger partial charge is 0.338 e. The fraction of sp³-hybridized carbons (Fsp3) is 0.483. The first kappa shape index (κ1) is 28.1. The molecule has 0 atom stereocenters. The number of nitrogens with one attached hydrogen (secondary N) is 2. The molecular formula is C29H40N2O4. The molecule has 0 radical (unpaired) electrons. The van der Waals surface area contributed by atoms with Crippen LogP contribution >= 0.6 is 0 Å². The molecule has 0 aliphatic heterocycles.